The molecule has 0 spiro atoms. The van der Waals surface area contributed by atoms with Crippen molar-refractivity contribution in [2.75, 3.05) is 12.0 Å². The molecular weight excluding hydrogens is 414 g/mol. The van der Waals surface area contributed by atoms with E-state index in [1.54, 1.807) is 11.8 Å². The molecule has 8 nitrogen and oxygen atoms in total. The first-order chi connectivity index (χ1) is 14.8. The Morgan fingerprint density at radius 1 is 1.13 bits per heavy atom. The molecule has 0 aliphatic heterocycles. The predicted octanol–water partition coefficient (Wildman–Crippen LogP) is 1.29. The Balaban J connectivity index is 2.24. The lowest BCUT2D eigenvalue weighted by Gasteiger charge is -2.24. The second-order valence-electron chi connectivity index (χ2n) is 7.78. The molecule has 0 unspecified atom stereocenters. The minimum Gasteiger partial charge on any atom is -0.368 e. The van der Waals surface area contributed by atoms with Crippen molar-refractivity contribution in [3.8, 4) is 0 Å². The molecule has 0 saturated carbocycles. The topological polar surface area (TPSA) is 143 Å². The van der Waals surface area contributed by atoms with Crippen LogP contribution < -0.4 is 22.1 Å². The fraction of sp³-hybridized carbons (Fsp3) is 0.500. The molecule has 2 rings (SSSR count). The summed E-state index contributed by atoms with van der Waals surface area (Å²) in [5.41, 5.74) is 13.4. The number of benzene rings is 1. The summed E-state index contributed by atoms with van der Waals surface area (Å²) >= 11 is 1.56. The number of nitrogens with one attached hydrogen (secondary N) is 3. The van der Waals surface area contributed by atoms with Crippen LogP contribution in [0.25, 0.3) is 10.9 Å². The quantitative estimate of drug-likeness (QED) is 0.333. The lowest BCUT2D eigenvalue weighted by atomic mass is 9.98. The molecule has 3 amide bonds. The van der Waals surface area contributed by atoms with Crippen molar-refractivity contribution in [3.63, 3.8) is 0 Å². The highest BCUT2D eigenvalue weighted by atomic mass is 32.2. The van der Waals surface area contributed by atoms with Crippen LogP contribution >= 0.6 is 11.8 Å². The zero-order valence-corrected chi connectivity index (χ0v) is 19.1. The number of hydrogen-bond donors (Lipinski definition) is 5. The summed E-state index contributed by atoms with van der Waals surface area (Å²) in [6.07, 6.45) is 5.15. The zero-order chi connectivity index (χ0) is 23.0. The van der Waals surface area contributed by atoms with E-state index in [4.69, 9.17) is 11.5 Å². The molecule has 0 bridgehead atoms. The Morgan fingerprint density at radius 3 is 2.45 bits per heavy atom. The van der Waals surface area contributed by atoms with E-state index in [0.29, 0.717) is 12.2 Å². The molecule has 1 heterocycles. The molecule has 0 fully saturated rings. The number of aromatic nitrogens is 1. The number of hydrogen-bond acceptors (Lipinski definition) is 5. The van der Waals surface area contributed by atoms with Gasteiger partial charge in [-0.3, -0.25) is 14.4 Å². The summed E-state index contributed by atoms with van der Waals surface area (Å²) in [7, 11) is 0. The Labute approximate surface area is 187 Å². The maximum Gasteiger partial charge on any atom is 0.243 e. The highest BCUT2D eigenvalue weighted by molar-refractivity contribution is 7.98. The van der Waals surface area contributed by atoms with E-state index in [9.17, 15) is 14.4 Å². The predicted molar refractivity (Wildman–Crippen MR) is 125 cm³/mol. The first-order valence-corrected chi connectivity index (χ1v) is 11.9. The number of nitrogens with two attached hydrogens (primary N) is 2. The fourth-order valence-electron chi connectivity index (χ4n) is 3.30. The number of rotatable bonds is 12. The lowest BCUT2D eigenvalue weighted by molar-refractivity contribution is -0.132. The molecule has 31 heavy (non-hydrogen) atoms. The molecule has 1 aromatic heterocycles. The van der Waals surface area contributed by atoms with E-state index in [-0.39, 0.29) is 12.3 Å². The van der Waals surface area contributed by atoms with Crippen LogP contribution in [0.5, 0.6) is 0 Å². The van der Waals surface area contributed by atoms with E-state index < -0.39 is 35.8 Å². The largest absolute Gasteiger partial charge is 0.368 e. The number of H-pyrrole nitrogens is 1. The fourth-order valence-corrected chi connectivity index (χ4v) is 3.77. The van der Waals surface area contributed by atoms with E-state index in [2.05, 4.69) is 15.6 Å². The average Bonchev–Trinajstić information content (AvgIpc) is 3.17. The third kappa shape index (κ3) is 6.73. The van der Waals surface area contributed by atoms with Gasteiger partial charge in [-0.25, -0.2) is 0 Å². The van der Waals surface area contributed by atoms with Gasteiger partial charge < -0.3 is 27.1 Å². The van der Waals surface area contributed by atoms with Crippen LogP contribution in [0.3, 0.4) is 0 Å². The summed E-state index contributed by atoms with van der Waals surface area (Å²) in [6, 6.07) is 5.31. The normalized spacial score (nSPS) is 15.1. The van der Waals surface area contributed by atoms with Crippen molar-refractivity contribution < 1.29 is 14.4 Å². The molecule has 1 aromatic carbocycles. The molecule has 0 saturated heterocycles. The van der Waals surface area contributed by atoms with Crippen LogP contribution in [0.1, 0.15) is 32.3 Å². The molecule has 170 valence electrons. The standard InChI is InChI=1S/C22H33N5O3S/c1-4-13(2)19(23)22(30)27-18(21(29)26-17(20(24)28)9-10-31-3)11-14-12-25-16-8-6-5-7-15(14)16/h5-8,12-13,17-19,25H,4,9-11,23H2,1-3H3,(H2,24,28)(H,26,29)(H,27,30)/t13-,17-,18-,19-/m0/s1. The number of aromatic amines is 1. The van der Waals surface area contributed by atoms with Gasteiger partial charge in [-0.15, -0.1) is 0 Å². The smallest absolute Gasteiger partial charge is 0.243 e. The summed E-state index contributed by atoms with van der Waals surface area (Å²) in [5.74, 6) is -0.812. The van der Waals surface area contributed by atoms with Gasteiger partial charge in [0.15, 0.2) is 0 Å². The van der Waals surface area contributed by atoms with Gasteiger partial charge in [-0.1, -0.05) is 38.5 Å². The van der Waals surface area contributed by atoms with Gasteiger partial charge in [0.1, 0.15) is 12.1 Å². The molecule has 0 radical (unpaired) electrons. The number of thioether (sulfide) groups is 1. The lowest BCUT2D eigenvalue weighted by Crippen LogP contribution is -2.56. The number of primary amides is 1. The molecule has 4 atom stereocenters. The Hall–Kier alpha value is -2.52. The Morgan fingerprint density at radius 2 is 1.81 bits per heavy atom. The maximum atomic E-state index is 13.1. The highest BCUT2D eigenvalue weighted by Gasteiger charge is 2.29. The van der Waals surface area contributed by atoms with Crippen molar-refractivity contribution in [2.24, 2.45) is 17.4 Å². The first-order valence-electron chi connectivity index (χ1n) is 10.5. The molecule has 0 aliphatic rings. The first kappa shape index (κ1) is 24.7. The van der Waals surface area contributed by atoms with Crippen molar-refractivity contribution in [3.05, 3.63) is 36.0 Å². The van der Waals surface area contributed by atoms with Crippen molar-refractivity contribution in [1.82, 2.24) is 15.6 Å². The minimum atomic E-state index is -0.891. The maximum absolute atomic E-state index is 13.1. The third-order valence-electron chi connectivity index (χ3n) is 5.56. The minimum absolute atomic E-state index is 0.0308. The van der Waals surface area contributed by atoms with Crippen molar-refractivity contribution in [1.29, 1.82) is 0 Å². The average molecular weight is 448 g/mol. The van der Waals surface area contributed by atoms with Gasteiger partial charge >= 0.3 is 0 Å². The van der Waals surface area contributed by atoms with Crippen molar-refractivity contribution >= 4 is 40.4 Å². The van der Waals surface area contributed by atoms with Gasteiger partial charge in [0.2, 0.25) is 17.7 Å². The second-order valence-corrected chi connectivity index (χ2v) is 8.77. The SMILES string of the molecule is CC[C@H](C)[C@H](N)C(=O)N[C@@H](Cc1c[nH]c2ccccc12)C(=O)N[C@@H](CCSC)C(N)=O. The molecule has 2 aromatic rings. The zero-order valence-electron chi connectivity index (χ0n) is 18.3. The van der Waals surface area contributed by atoms with Gasteiger partial charge in [0, 0.05) is 23.5 Å². The van der Waals surface area contributed by atoms with Gasteiger partial charge in [0.25, 0.3) is 0 Å². The number of amides is 3. The Kier molecular flexibility index (Phi) is 9.39. The number of fused-ring (bicyclic) bond motifs is 1. The number of carbonyl (C=O) groups excluding carboxylic acids is 3. The third-order valence-corrected chi connectivity index (χ3v) is 6.21. The van der Waals surface area contributed by atoms with Gasteiger partial charge in [-0.2, -0.15) is 11.8 Å². The molecule has 9 heteroatoms. The summed E-state index contributed by atoms with van der Waals surface area (Å²) in [4.78, 5) is 40.8. The van der Waals surface area contributed by atoms with Crippen LogP contribution in [-0.2, 0) is 20.8 Å². The van der Waals surface area contributed by atoms with Crippen LogP contribution in [-0.4, -0.2) is 52.8 Å². The molecular formula is C22H33N5O3S. The van der Waals surface area contributed by atoms with Crippen LogP contribution in [0, 0.1) is 5.92 Å². The van der Waals surface area contributed by atoms with E-state index in [1.165, 1.54) is 0 Å². The molecule has 7 N–H and O–H groups in total. The van der Waals surface area contributed by atoms with Crippen LogP contribution in [0.4, 0.5) is 0 Å². The van der Waals surface area contributed by atoms with Gasteiger partial charge in [0.05, 0.1) is 6.04 Å². The summed E-state index contributed by atoms with van der Waals surface area (Å²) in [6.45, 7) is 3.85. The van der Waals surface area contributed by atoms with E-state index >= 15 is 0 Å². The summed E-state index contributed by atoms with van der Waals surface area (Å²) in [5, 5.41) is 6.46. The summed E-state index contributed by atoms with van der Waals surface area (Å²) < 4.78 is 0. The van der Waals surface area contributed by atoms with Crippen LogP contribution in [0.2, 0.25) is 0 Å². The van der Waals surface area contributed by atoms with Crippen LogP contribution in [0.15, 0.2) is 30.5 Å². The number of carbonyl (C=O) groups is 3. The highest BCUT2D eigenvalue weighted by Crippen LogP contribution is 2.19. The second kappa shape index (κ2) is 11.8. The number of para-hydroxylation sites is 1. The van der Waals surface area contributed by atoms with E-state index in [0.717, 1.165) is 22.9 Å². The molecule has 0 aliphatic carbocycles. The monoisotopic (exact) mass is 447 g/mol. The Bertz CT molecular complexity index is 900. The van der Waals surface area contributed by atoms with E-state index in [1.807, 2.05) is 50.6 Å². The van der Waals surface area contributed by atoms with Crippen molar-refractivity contribution in [2.45, 2.75) is 51.2 Å². The van der Waals surface area contributed by atoms with Gasteiger partial charge in [-0.05, 0) is 36.0 Å².